The molecule has 0 aliphatic rings. The summed E-state index contributed by atoms with van der Waals surface area (Å²) in [6, 6.07) is 6.26. The molecule has 1 aromatic carbocycles. The van der Waals surface area contributed by atoms with Gasteiger partial charge in [0.1, 0.15) is 5.69 Å². The summed E-state index contributed by atoms with van der Waals surface area (Å²) in [6.45, 7) is 2.51. The van der Waals surface area contributed by atoms with Gasteiger partial charge in [0.25, 0.3) is 0 Å². The standard InChI is InChI=1S/C14H16F3N3O/c1-13(2,14(15,16)17)11-6-4-5-10(7-11)12-8-18-20(19-12)9-21-3/h4-8H,9H2,1-3H3. The molecule has 0 aliphatic heterocycles. The molecule has 0 fully saturated rings. The van der Waals surface area contributed by atoms with Gasteiger partial charge in [0.15, 0.2) is 6.73 Å². The number of hydrogen-bond donors (Lipinski definition) is 0. The van der Waals surface area contributed by atoms with Gasteiger partial charge in [-0.2, -0.15) is 28.2 Å². The summed E-state index contributed by atoms with van der Waals surface area (Å²) in [5.41, 5.74) is -0.640. The zero-order chi connectivity index (χ0) is 15.7. The third-order valence-corrected chi connectivity index (χ3v) is 3.37. The fraction of sp³-hybridized carbons (Fsp3) is 0.429. The van der Waals surface area contributed by atoms with Gasteiger partial charge in [-0.3, -0.25) is 0 Å². The van der Waals surface area contributed by atoms with Gasteiger partial charge in [-0.15, -0.1) is 0 Å². The van der Waals surface area contributed by atoms with Gasteiger partial charge in [0.05, 0.1) is 11.6 Å². The van der Waals surface area contributed by atoms with E-state index in [0.29, 0.717) is 11.3 Å². The molecule has 0 N–H and O–H groups in total. The minimum absolute atomic E-state index is 0.188. The number of ether oxygens (including phenoxy) is 1. The second kappa shape index (κ2) is 5.48. The maximum Gasteiger partial charge on any atom is 0.397 e. The summed E-state index contributed by atoms with van der Waals surface area (Å²) in [6.07, 6.45) is -2.82. The lowest BCUT2D eigenvalue weighted by Crippen LogP contribution is -2.36. The van der Waals surface area contributed by atoms with Crippen LogP contribution in [-0.4, -0.2) is 28.3 Å². The molecular formula is C14H16F3N3O. The van der Waals surface area contributed by atoms with E-state index in [-0.39, 0.29) is 12.3 Å². The van der Waals surface area contributed by atoms with Crippen LogP contribution in [-0.2, 0) is 16.9 Å². The van der Waals surface area contributed by atoms with Crippen LogP contribution in [0.2, 0.25) is 0 Å². The van der Waals surface area contributed by atoms with Gasteiger partial charge in [-0.1, -0.05) is 18.2 Å². The maximum atomic E-state index is 13.1. The van der Waals surface area contributed by atoms with E-state index in [0.717, 1.165) is 13.8 Å². The van der Waals surface area contributed by atoms with Crippen molar-refractivity contribution in [3.63, 3.8) is 0 Å². The molecular weight excluding hydrogens is 283 g/mol. The van der Waals surface area contributed by atoms with Crippen molar-refractivity contribution in [3.8, 4) is 11.3 Å². The first-order valence-electron chi connectivity index (χ1n) is 6.32. The molecule has 0 bridgehead atoms. The topological polar surface area (TPSA) is 39.9 Å². The van der Waals surface area contributed by atoms with E-state index in [4.69, 9.17) is 4.74 Å². The lowest BCUT2D eigenvalue weighted by atomic mass is 9.83. The fourth-order valence-electron chi connectivity index (χ4n) is 1.84. The Hall–Kier alpha value is -1.89. The van der Waals surface area contributed by atoms with Crippen molar-refractivity contribution in [2.75, 3.05) is 7.11 Å². The molecule has 4 nitrogen and oxygen atoms in total. The van der Waals surface area contributed by atoms with Gasteiger partial charge in [-0.25, -0.2) is 0 Å². The molecule has 0 aliphatic carbocycles. The smallest absolute Gasteiger partial charge is 0.361 e. The van der Waals surface area contributed by atoms with Crippen LogP contribution in [0.25, 0.3) is 11.3 Å². The van der Waals surface area contributed by atoms with Crippen LogP contribution in [0.1, 0.15) is 19.4 Å². The summed E-state index contributed by atoms with van der Waals surface area (Å²) >= 11 is 0. The maximum absolute atomic E-state index is 13.1. The summed E-state index contributed by atoms with van der Waals surface area (Å²) in [4.78, 5) is 1.33. The quantitative estimate of drug-likeness (QED) is 0.869. The molecule has 0 atom stereocenters. The monoisotopic (exact) mass is 299 g/mol. The van der Waals surface area contributed by atoms with Gasteiger partial charge in [0, 0.05) is 12.7 Å². The molecule has 21 heavy (non-hydrogen) atoms. The molecule has 0 saturated heterocycles. The van der Waals surface area contributed by atoms with Crippen LogP contribution in [0.3, 0.4) is 0 Å². The van der Waals surface area contributed by atoms with Crippen LogP contribution in [0.4, 0.5) is 13.2 Å². The first-order chi connectivity index (χ1) is 9.75. The van der Waals surface area contributed by atoms with Crippen LogP contribution in [0.5, 0.6) is 0 Å². The van der Waals surface area contributed by atoms with E-state index in [1.807, 2.05) is 0 Å². The lowest BCUT2D eigenvalue weighted by molar-refractivity contribution is -0.180. The Kier molecular flexibility index (Phi) is 4.04. The number of aromatic nitrogens is 3. The van der Waals surface area contributed by atoms with E-state index in [1.165, 1.54) is 30.2 Å². The highest BCUT2D eigenvalue weighted by Crippen LogP contribution is 2.41. The number of alkyl halides is 3. The van der Waals surface area contributed by atoms with Crippen molar-refractivity contribution in [1.29, 1.82) is 0 Å². The average Bonchev–Trinajstić information content (AvgIpc) is 2.87. The molecule has 2 aromatic rings. The van der Waals surface area contributed by atoms with E-state index < -0.39 is 11.6 Å². The SMILES string of the molecule is COCn1ncc(-c2cccc(C(C)(C)C(F)(F)F)c2)n1. The molecule has 2 rings (SSSR count). The van der Waals surface area contributed by atoms with Crippen LogP contribution in [0.15, 0.2) is 30.5 Å². The van der Waals surface area contributed by atoms with E-state index >= 15 is 0 Å². The number of hydrogen-bond acceptors (Lipinski definition) is 3. The van der Waals surface area contributed by atoms with Crippen LogP contribution in [0, 0.1) is 0 Å². The minimum Gasteiger partial charge on any atom is -0.361 e. The molecule has 0 radical (unpaired) electrons. The zero-order valence-electron chi connectivity index (χ0n) is 12.0. The van der Waals surface area contributed by atoms with Crippen LogP contribution >= 0.6 is 0 Å². The molecule has 0 spiro atoms. The van der Waals surface area contributed by atoms with Gasteiger partial charge in [-0.05, 0) is 25.5 Å². The first-order valence-corrected chi connectivity index (χ1v) is 6.32. The molecule has 114 valence electrons. The normalized spacial score (nSPS) is 12.7. The number of nitrogens with zero attached hydrogens (tertiary/aromatic N) is 3. The van der Waals surface area contributed by atoms with Crippen molar-refractivity contribution in [2.24, 2.45) is 0 Å². The fourth-order valence-corrected chi connectivity index (χ4v) is 1.84. The van der Waals surface area contributed by atoms with Gasteiger partial charge in [0.2, 0.25) is 0 Å². The third kappa shape index (κ3) is 3.07. The second-order valence-electron chi connectivity index (χ2n) is 5.22. The Bertz CT molecular complexity index is 620. The number of halogens is 3. The summed E-state index contributed by atoms with van der Waals surface area (Å²) < 4.78 is 44.2. The largest absolute Gasteiger partial charge is 0.397 e. The van der Waals surface area contributed by atoms with Crippen molar-refractivity contribution < 1.29 is 17.9 Å². The predicted octanol–water partition coefficient (Wildman–Crippen LogP) is 3.39. The van der Waals surface area contributed by atoms with Crippen molar-refractivity contribution in [2.45, 2.75) is 32.2 Å². The summed E-state index contributed by atoms with van der Waals surface area (Å²) in [5.74, 6) is 0. The molecule has 0 amide bonds. The highest BCUT2D eigenvalue weighted by Gasteiger charge is 2.48. The summed E-state index contributed by atoms with van der Waals surface area (Å²) in [5, 5.41) is 8.14. The molecule has 0 unspecified atom stereocenters. The average molecular weight is 299 g/mol. The molecule has 0 saturated carbocycles. The molecule has 7 heteroatoms. The highest BCUT2D eigenvalue weighted by atomic mass is 19.4. The summed E-state index contributed by atoms with van der Waals surface area (Å²) in [7, 11) is 1.51. The predicted molar refractivity (Wildman–Crippen MR) is 71.5 cm³/mol. The van der Waals surface area contributed by atoms with Crippen molar-refractivity contribution in [3.05, 3.63) is 36.0 Å². The Morgan fingerprint density at radius 1 is 1.24 bits per heavy atom. The van der Waals surface area contributed by atoms with Gasteiger partial charge < -0.3 is 4.74 Å². The number of benzene rings is 1. The molecule has 1 aromatic heterocycles. The van der Waals surface area contributed by atoms with Gasteiger partial charge >= 0.3 is 6.18 Å². The third-order valence-electron chi connectivity index (χ3n) is 3.37. The van der Waals surface area contributed by atoms with Crippen LogP contribution < -0.4 is 0 Å². The zero-order valence-corrected chi connectivity index (χ0v) is 12.0. The number of methoxy groups -OCH3 is 1. The van der Waals surface area contributed by atoms with E-state index in [9.17, 15) is 13.2 Å². The highest BCUT2D eigenvalue weighted by molar-refractivity contribution is 5.59. The van der Waals surface area contributed by atoms with Crippen molar-refractivity contribution in [1.82, 2.24) is 15.0 Å². The Morgan fingerprint density at radius 2 is 1.95 bits per heavy atom. The van der Waals surface area contributed by atoms with E-state index in [1.54, 1.807) is 12.1 Å². The minimum atomic E-state index is -4.32. The second-order valence-corrected chi connectivity index (χ2v) is 5.22. The van der Waals surface area contributed by atoms with Crippen molar-refractivity contribution >= 4 is 0 Å². The lowest BCUT2D eigenvalue weighted by Gasteiger charge is -2.28. The molecule has 1 heterocycles. The Morgan fingerprint density at radius 3 is 2.57 bits per heavy atom. The number of rotatable bonds is 4. The first kappa shape index (κ1) is 15.5. The Balaban J connectivity index is 2.37. The van der Waals surface area contributed by atoms with E-state index in [2.05, 4.69) is 10.2 Å². The Labute approximate surface area is 120 Å².